The highest BCUT2D eigenvalue weighted by Gasteiger charge is 2.00. The molecule has 1 nitrogen and oxygen atoms in total. The fourth-order valence-corrected chi connectivity index (χ4v) is 0.713. The third-order valence-corrected chi connectivity index (χ3v) is 1.45. The summed E-state index contributed by atoms with van der Waals surface area (Å²) in [6.45, 7) is 6.13. The Morgan fingerprint density at radius 1 is 1.62 bits per heavy atom. The van der Waals surface area contributed by atoms with Crippen molar-refractivity contribution in [1.82, 2.24) is 0 Å². The molecule has 0 bridgehead atoms. The van der Waals surface area contributed by atoms with Gasteiger partial charge in [0.1, 0.15) is 0 Å². The quantitative estimate of drug-likeness (QED) is 0.590. The van der Waals surface area contributed by atoms with E-state index in [4.69, 9.17) is 5.11 Å². The van der Waals surface area contributed by atoms with E-state index < -0.39 is 0 Å². The first kappa shape index (κ1) is 7.96. The lowest BCUT2D eigenvalue weighted by Gasteiger charge is -2.07. The summed E-state index contributed by atoms with van der Waals surface area (Å²) in [5.74, 6) is 0.493. The molecule has 0 aliphatic carbocycles. The molecule has 0 fully saturated rings. The zero-order valence-corrected chi connectivity index (χ0v) is 5.56. The van der Waals surface area contributed by atoms with Gasteiger partial charge in [-0.25, -0.2) is 0 Å². The van der Waals surface area contributed by atoms with Crippen LogP contribution in [0.4, 0.5) is 0 Å². The maximum atomic E-state index is 8.63. The third kappa shape index (κ3) is 3.03. The van der Waals surface area contributed by atoms with Crippen LogP contribution < -0.4 is 0 Å². The van der Waals surface area contributed by atoms with Crippen LogP contribution in [-0.4, -0.2) is 11.7 Å². The number of rotatable bonds is 4. The van der Waals surface area contributed by atoms with E-state index in [1.54, 1.807) is 0 Å². The predicted molar refractivity (Wildman–Crippen MR) is 35.5 cm³/mol. The second-order valence-electron chi connectivity index (χ2n) is 2.10. The first-order chi connectivity index (χ1) is 3.85. The molecule has 0 aliphatic rings. The van der Waals surface area contributed by atoms with Gasteiger partial charge in [-0.1, -0.05) is 26.7 Å². The Bertz CT molecular complexity index is 39.7. The van der Waals surface area contributed by atoms with E-state index in [2.05, 4.69) is 13.8 Å². The van der Waals surface area contributed by atoms with Crippen molar-refractivity contribution >= 4 is 0 Å². The fourth-order valence-electron chi connectivity index (χ4n) is 0.713. The summed E-state index contributed by atoms with van der Waals surface area (Å²) in [7, 11) is 0. The zero-order chi connectivity index (χ0) is 6.41. The van der Waals surface area contributed by atoms with E-state index in [1.165, 1.54) is 0 Å². The van der Waals surface area contributed by atoms with Crippen LogP contribution in [0.2, 0.25) is 0 Å². The molecule has 1 unspecified atom stereocenters. The van der Waals surface area contributed by atoms with Crippen LogP contribution in [-0.2, 0) is 0 Å². The molecule has 49 valence electrons. The van der Waals surface area contributed by atoms with Gasteiger partial charge < -0.3 is 5.11 Å². The smallest absolute Gasteiger partial charge is 0.0459 e. The Hall–Kier alpha value is -0.0400. The average molecular weight is 115 g/mol. The SMILES string of the molecule is [CH2]CCC(CC)CO. The van der Waals surface area contributed by atoms with Crippen molar-refractivity contribution in [2.75, 3.05) is 6.61 Å². The van der Waals surface area contributed by atoms with Gasteiger partial charge >= 0.3 is 0 Å². The van der Waals surface area contributed by atoms with Crippen molar-refractivity contribution in [1.29, 1.82) is 0 Å². The van der Waals surface area contributed by atoms with Crippen LogP contribution >= 0.6 is 0 Å². The van der Waals surface area contributed by atoms with Gasteiger partial charge in [0.05, 0.1) is 0 Å². The second kappa shape index (κ2) is 5.10. The van der Waals surface area contributed by atoms with Crippen LogP contribution in [0, 0.1) is 12.8 Å². The van der Waals surface area contributed by atoms with Gasteiger partial charge in [0.25, 0.3) is 0 Å². The molecule has 0 amide bonds. The summed E-state index contributed by atoms with van der Waals surface area (Å²) < 4.78 is 0. The normalized spacial score (nSPS) is 13.9. The molecule has 0 aliphatic heterocycles. The molecule has 1 atom stereocenters. The number of hydrogen-bond donors (Lipinski definition) is 1. The largest absolute Gasteiger partial charge is 0.396 e. The molecule has 0 spiro atoms. The van der Waals surface area contributed by atoms with Gasteiger partial charge in [-0.15, -0.1) is 0 Å². The molecule has 0 aromatic rings. The Balaban J connectivity index is 3.07. The number of hydrogen-bond acceptors (Lipinski definition) is 1. The summed E-state index contributed by atoms with van der Waals surface area (Å²) in [6.07, 6.45) is 3.08. The van der Waals surface area contributed by atoms with Crippen LogP contribution in [0.1, 0.15) is 26.2 Å². The highest BCUT2D eigenvalue weighted by atomic mass is 16.3. The first-order valence-electron chi connectivity index (χ1n) is 3.25. The molecule has 8 heavy (non-hydrogen) atoms. The first-order valence-corrected chi connectivity index (χ1v) is 3.25. The maximum Gasteiger partial charge on any atom is 0.0459 e. The van der Waals surface area contributed by atoms with E-state index >= 15 is 0 Å². The zero-order valence-electron chi connectivity index (χ0n) is 5.56. The van der Waals surface area contributed by atoms with Crippen LogP contribution in [0.15, 0.2) is 0 Å². The minimum Gasteiger partial charge on any atom is -0.396 e. The molecule has 0 rings (SSSR count). The van der Waals surface area contributed by atoms with Crippen molar-refractivity contribution in [3.8, 4) is 0 Å². The molecule has 1 heteroatoms. The van der Waals surface area contributed by atoms with E-state index in [0.717, 1.165) is 19.3 Å². The lowest BCUT2D eigenvalue weighted by molar-refractivity contribution is 0.215. The minimum atomic E-state index is 0.325. The highest BCUT2D eigenvalue weighted by Crippen LogP contribution is 2.07. The molecule has 0 aromatic heterocycles. The van der Waals surface area contributed by atoms with Crippen molar-refractivity contribution < 1.29 is 5.11 Å². The number of aliphatic hydroxyl groups is 1. The lowest BCUT2D eigenvalue weighted by Crippen LogP contribution is -2.02. The van der Waals surface area contributed by atoms with Gasteiger partial charge in [0.15, 0.2) is 0 Å². The molecule has 0 saturated carbocycles. The summed E-state index contributed by atoms with van der Waals surface area (Å²) in [5, 5.41) is 8.63. The van der Waals surface area contributed by atoms with Crippen LogP contribution in [0.3, 0.4) is 0 Å². The summed E-state index contributed by atoms with van der Waals surface area (Å²) >= 11 is 0. The van der Waals surface area contributed by atoms with Crippen LogP contribution in [0.25, 0.3) is 0 Å². The lowest BCUT2D eigenvalue weighted by atomic mass is 10.0. The highest BCUT2D eigenvalue weighted by molar-refractivity contribution is 4.54. The molecular formula is C7H15O. The molecule has 1 radical (unpaired) electrons. The maximum absolute atomic E-state index is 8.63. The monoisotopic (exact) mass is 115 g/mol. The van der Waals surface area contributed by atoms with Crippen molar-refractivity contribution in [3.05, 3.63) is 6.92 Å². The van der Waals surface area contributed by atoms with E-state index in [-0.39, 0.29) is 0 Å². The topological polar surface area (TPSA) is 20.2 Å². The number of aliphatic hydroxyl groups excluding tert-OH is 1. The van der Waals surface area contributed by atoms with Gasteiger partial charge in [-0.05, 0) is 12.3 Å². The fraction of sp³-hybridized carbons (Fsp3) is 0.857. The van der Waals surface area contributed by atoms with E-state index in [0.29, 0.717) is 12.5 Å². The predicted octanol–water partition coefficient (Wildman–Crippen LogP) is 1.62. The van der Waals surface area contributed by atoms with Gasteiger partial charge in [-0.3, -0.25) is 0 Å². The van der Waals surface area contributed by atoms with E-state index in [9.17, 15) is 0 Å². The average Bonchev–Trinajstić information content (AvgIpc) is 1.83. The van der Waals surface area contributed by atoms with Crippen LogP contribution in [0.5, 0.6) is 0 Å². The Kier molecular flexibility index (Phi) is 5.08. The Morgan fingerprint density at radius 3 is 2.38 bits per heavy atom. The van der Waals surface area contributed by atoms with Crippen molar-refractivity contribution in [3.63, 3.8) is 0 Å². The summed E-state index contributed by atoms with van der Waals surface area (Å²) in [6, 6.07) is 0. The third-order valence-electron chi connectivity index (χ3n) is 1.45. The summed E-state index contributed by atoms with van der Waals surface area (Å²) in [4.78, 5) is 0. The molecule has 0 heterocycles. The molecular weight excluding hydrogens is 100 g/mol. The van der Waals surface area contributed by atoms with Crippen molar-refractivity contribution in [2.24, 2.45) is 5.92 Å². The molecule has 0 aromatic carbocycles. The molecule has 0 saturated heterocycles. The van der Waals surface area contributed by atoms with Gasteiger partial charge in [-0.2, -0.15) is 0 Å². The second-order valence-corrected chi connectivity index (χ2v) is 2.10. The van der Waals surface area contributed by atoms with Gasteiger partial charge in [0.2, 0.25) is 0 Å². The van der Waals surface area contributed by atoms with E-state index in [1.807, 2.05) is 0 Å². The Labute approximate surface area is 51.7 Å². The minimum absolute atomic E-state index is 0.325. The standard InChI is InChI=1S/C7H15O/c1-3-5-7(4-2)6-8/h7-8H,1,3-6H2,2H3. The molecule has 1 N–H and O–H groups in total. The summed E-state index contributed by atoms with van der Waals surface area (Å²) in [5.41, 5.74) is 0. The Morgan fingerprint density at radius 2 is 2.25 bits per heavy atom. The van der Waals surface area contributed by atoms with Crippen molar-refractivity contribution in [2.45, 2.75) is 26.2 Å². The van der Waals surface area contributed by atoms with Gasteiger partial charge in [0, 0.05) is 6.61 Å².